The highest BCUT2D eigenvalue weighted by molar-refractivity contribution is 6.39. The number of para-hydroxylation sites is 2. The molecule has 0 aromatic heterocycles. The molecule has 0 bridgehead atoms. The van der Waals surface area contributed by atoms with Crippen molar-refractivity contribution in [1.29, 1.82) is 0 Å². The lowest BCUT2D eigenvalue weighted by molar-refractivity contribution is -0.383. The third-order valence-electron chi connectivity index (χ3n) is 4.78. The number of nitro groups is 1. The summed E-state index contributed by atoms with van der Waals surface area (Å²) in [6.45, 7) is 1.81. The Kier molecular flexibility index (Phi) is 5.49. The van der Waals surface area contributed by atoms with Crippen molar-refractivity contribution in [2.24, 2.45) is 0 Å². The van der Waals surface area contributed by atoms with E-state index in [1.807, 2.05) is 6.07 Å². The molecule has 27 heavy (non-hydrogen) atoms. The van der Waals surface area contributed by atoms with Crippen LogP contribution in [0.25, 0.3) is 0 Å². The molecule has 3 rings (SSSR count). The van der Waals surface area contributed by atoms with Crippen LogP contribution in [0.1, 0.15) is 42.5 Å². The van der Waals surface area contributed by atoms with Gasteiger partial charge >= 0.3 is 11.8 Å². The molecule has 2 N–H and O–H groups in total. The summed E-state index contributed by atoms with van der Waals surface area (Å²) in [5, 5.41) is 16.0. The van der Waals surface area contributed by atoms with Crippen LogP contribution in [-0.4, -0.2) is 16.7 Å². The minimum Gasteiger partial charge on any atom is -0.341 e. The van der Waals surface area contributed by atoms with E-state index in [1.165, 1.54) is 35.7 Å². The number of fused-ring (bicyclic) bond motifs is 1. The molecular weight excluding hydrogens is 346 g/mol. The third kappa shape index (κ3) is 4.31. The van der Waals surface area contributed by atoms with Crippen LogP contribution >= 0.6 is 0 Å². The van der Waals surface area contributed by atoms with Crippen molar-refractivity contribution < 1.29 is 14.5 Å². The van der Waals surface area contributed by atoms with Crippen molar-refractivity contribution in [1.82, 2.24) is 5.32 Å². The van der Waals surface area contributed by atoms with E-state index in [9.17, 15) is 19.7 Å². The van der Waals surface area contributed by atoms with Gasteiger partial charge in [0.25, 0.3) is 5.69 Å². The van der Waals surface area contributed by atoms with Crippen LogP contribution in [0.3, 0.4) is 0 Å². The number of anilines is 1. The van der Waals surface area contributed by atoms with Gasteiger partial charge in [-0.25, -0.2) is 0 Å². The maximum Gasteiger partial charge on any atom is 0.313 e. The van der Waals surface area contributed by atoms with Gasteiger partial charge < -0.3 is 10.6 Å². The number of amides is 2. The zero-order valence-electron chi connectivity index (χ0n) is 15.0. The molecule has 1 atom stereocenters. The van der Waals surface area contributed by atoms with Crippen LogP contribution in [-0.2, 0) is 22.4 Å². The fraction of sp³-hybridized carbons (Fsp3) is 0.300. The molecule has 140 valence electrons. The fourth-order valence-electron chi connectivity index (χ4n) is 3.29. The summed E-state index contributed by atoms with van der Waals surface area (Å²) < 4.78 is 0. The van der Waals surface area contributed by atoms with Crippen molar-refractivity contribution in [3.63, 3.8) is 0 Å². The van der Waals surface area contributed by atoms with Gasteiger partial charge in [-0.3, -0.25) is 19.7 Å². The van der Waals surface area contributed by atoms with Gasteiger partial charge in [0, 0.05) is 6.07 Å². The normalized spacial score (nSPS) is 14.0. The zero-order valence-corrected chi connectivity index (χ0v) is 15.0. The standard InChI is InChI=1S/C20H21N3O4/c1-13(15-11-10-14-6-2-3-7-16(14)12-15)21-19(24)20(25)22-17-8-4-5-9-18(17)23(26)27/h4-5,8-13H,2-3,6-7H2,1H3,(H,21,24)(H,22,25). The molecule has 2 aromatic rings. The van der Waals surface area contributed by atoms with Crippen molar-refractivity contribution in [3.05, 3.63) is 69.3 Å². The molecule has 0 saturated carbocycles. The van der Waals surface area contributed by atoms with Crippen molar-refractivity contribution >= 4 is 23.2 Å². The molecule has 0 saturated heterocycles. The van der Waals surface area contributed by atoms with Crippen molar-refractivity contribution in [2.75, 3.05) is 5.32 Å². The van der Waals surface area contributed by atoms with Crippen LogP contribution in [0.2, 0.25) is 0 Å². The number of benzene rings is 2. The quantitative estimate of drug-likeness (QED) is 0.492. The zero-order chi connectivity index (χ0) is 19.4. The smallest absolute Gasteiger partial charge is 0.313 e. The maximum absolute atomic E-state index is 12.2. The van der Waals surface area contributed by atoms with Gasteiger partial charge in [-0.05, 0) is 55.4 Å². The molecule has 0 radical (unpaired) electrons. The second-order valence-electron chi connectivity index (χ2n) is 6.66. The predicted molar refractivity (Wildman–Crippen MR) is 101 cm³/mol. The first-order valence-corrected chi connectivity index (χ1v) is 8.92. The van der Waals surface area contributed by atoms with E-state index in [1.54, 1.807) is 13.0 Å². The molecule has 0 fully saturated rings. The van der Waals surface area contributed by atoms with Crippen LogP contribution < -0.4 is 10.6 Å². The Labute approximate surface area is 156 Å². The van der Waals surface area contributed by atoms with Crippen molar-refractivity contribution in [2.45, 2.75) is 38.6 Å². The van der Waals surface area contributed by atoms with Crippen LogP contribution in [0.5, 0.6) is 0 Å². The van der Waals surface area contributed by atoms with E-state index in [0.717, 1.165) is 24.8 Å². The minimum atomic E-state index is -0.936. The van der Waals surface area contributed by atoms with E-state index in [4.69, 9.17) is 0 Å². The molecule has 0 heterocycles. The molecule has 2 amide bonds. The molecule has 0 spiro atoms. The molecule has 7 heteroatoms. The number of rotatable bonds is 4. The Bertz CT molecular complexity index is 895. The summed E-state index contributed by atoms with van der Waals surface area (Å²) in [4.78, 5) is 34.7. The largest absolute Gasteiger partial charge is 0.341 e. The Morgan fingerprint density at radius 3 is 2.48 bits per heavy atom. The van der Waals surface area contributed by atoms with E-state index in [-0.39, 0.29) is 17.4 Å². The summed E-state index contributed by atoms with van der Waals surface area (Å²) in [7, 11) is 0. The van der Waals surface area contributed by atoms with Gasteiger partial charge in [0.1, 0.15) is 5.69 Å². The van der Waals surface area contributed by atoms with Gasteiger partial charge in [-0.2, -0.15) is 0 Å². The molecular formula is C20H21N3O4. The number of hydrogen-bond acceptors (Lipinski definition) is 4. The number of nitrogens with one attached hydrogen (secondary N) is 2. The number of carbonyl (C=O) groups is 2. The topological polar surface area (TPSA) is 101 Å². The van der Waals surface area contributed by atoms with E-state index < -0.39 is 16.7 Å². The summed E-state index contributed by atoms with van der Waals surface area (Å²) in [6, 6.07) is 11.5. The lowest BCUT2D eigenvalue weighted by atomic mass is 9.89. The highest BCUT2D eigenvalue weighted by atomic mass is 16.6. The van der Waals surface area contributed by atoms with Gasteiger partial charge in [0.15, 0.2) is 0 Å². The van der Waals surface area contributed by atoms with Crippen LogP contribution in [0.4, 0.5) is 11.4 Å². The van der Waals surface area contributed by atoms with Crippen LogP contribution in [0.15, 0.2) is 42.5 Å². The Morgan fingerprint density at radius 2 is 1.74 bits per heavy atom. The lowest BCUT2D eigenvalue weighted by Crippen LogP contribution is -2.37. The van der Waals surface area contributed by atoms with Gasteiger partial charge in [-0.1, -0.05) is 30.3 Å². The second-order valence-corrected chi connectivity index (χ2v) is 6.66. The average molecular weight is 367 g/mol. The number of carbonyl (C=O) groups excluding carboxylic acids is 2. The van der Waals surface area contributed by atoms with E-state index in [2.05, 4.69) is 22.8 Å². The first-order valence-electron chi connectivity index (χ1n) is 8.92. The minimum absolute atomic E-state index is 0.0101. The Hall–Kier alpha value is -3.22. The fourth-order valence-corrected chi connectivity index (χ4v) is 3.29. The Morgan fingerprint density at radius 1 is 1.04 bits per heavy atom. The highest BCUT2D eigenvalue weighted by Crippen LogP contribution is 2.25. The van der Waals surface area contributed by atoms with E-state index in [0.29, 0.717) is 0 Å². The first kappa shape index (κ1) is 18.6. The number of hydrogen-bond donors (Lipinski definition) is 2. The third-order valence-corrected chi connectivity index (χ3v) is 4.78. The lowest BCUT2D eigenvalue weighted by Gasteiger charge is -2.20. The molecule has 0 aliphatic heterocycles. The molecule has 2 aromatic carbocycles. The van der Waals surface area contributed by atoms with Gasteiger partial charge in [0.2, 0.25) is 0 Å². The molecule has 7 nitrogen and oxygen atoms in total. The highest BCUT2D eigenvalue weighted by Gasteiger charge is 2.21. The maximum atomic E-state index is 12.2. The molecule has 1 aliphatic carbocycles. The summed E-state index contributed by atoms with van der Waals surface area (Å²) in [5.41, 5.74) is 3.30. The monoisotopic (exact) mass is 367 g/mol. The number of aryl methyl sites for hydroxylation is 2. The van der Waals surface area contributed by atoms with Crippen molar-refractivity contribution in [3.8, 4) is 0 Å². The predicted octanol–water partition coefficient (Wildman–Crippen LogP) is 3.29. The number of nitro benzene ring substituents is 1. The van der Waals surface area contributed by atoms with Crippen LogP contribution in [0, 0.1) is 10.1 Å². The summed E-state index contributed by atoms with van der Waals surface area (Å²) >= 11 is 0. The average Bonchev–Trinajstić information content (AvgIpc) is 2.67. The SMILES string of the molecule is CC(NC(=O)C(=O)Nc1ccccc1[N+](=O)[O-])c1ccc2c(c1)CCCC2. The molecule has 1 aliphatic rings. The molecule has 1 unspecified atom stereocenters. The number of nitrogens with zero attached hydrogens (tertiary/aromatic N) is 1. The summed E-state index contributed by atoms with van der Waals surface area (Å²) in [6.07, 6.45) is 4.47. The second kappa shape index (κ2) is 7.99. The summed E-state index contributed by atoms with van der Waals surface area (Å²) in [5.74, 6) is -1.77. The Balaban J connectivity index is 1.66. The first-order chi connectivity index (χ1) is 13.0. The van der Waals surface area contributed by atoms with Gasteiger partial charge in [-0.15, -0.1) is 0 Å². The van der Waals surface area contributed by atoms with E-state index >= 15 is 0 Å². The van der Waals surface area contributed by atoms with Gasteiger partial charge in [0.05, 0.1) is 11.0 Å².